The fraction of sp³-hybridized carbons (Fsp3) is 0.500. The number of alkyl halides is 3. The molecular weight excluding hydrogens is 347 g/mol. The Bertz CT molecular complexity index is 648. The number of amides is 1. The summed E-state index contributed by atoms with van der Waals surface area (Å²) < 4.78 is 64.0. The predicted molar refractivity (Wildman–Crippen MR) is 82.8 cm³/mol. The van der Waals surface area contributed by atoms with Crippen LogP contribution in [0.25, 0.3) is 0 Å². The molecule has 0 saturated heterocycles. The van der Waals surface area contributed by atoms with Crippen molar-refractivity contribution in [2.24, 2.45) is 0 Å². The summed E-state index contributed by atoms with van der Waals surface area (Å²) in [4.78, 5) is 11.0. The van der Waals surface area contributed by atoms with Crippen molar-refractivity contribution in [3.63, 3.8) is 0 Å². The minimum atomic E-state index is -4.61. The van der Waals surface area contributed by atoms with Gasteiger partial charge in [-0.2, -0.15) is 13.2 Å². The quantitative estimate of drug-likeness (QED) is 0.571. The van der Waals surface area contributed by atoms with Gasteiger partial charge in [0.15, 0.2) is 0 Å². The lowest BCUT2D eigenvalue weighted by atomic mass is 10.2. The van der Waals surface area contributed by atoms with Crippen LogP contribution in [0.5, 0.6) is 0 Å². The summed E-state index contributed by atoms with van der Waals surface area (Å²) in [7, 11) is -2.31. The zero-order valence-electron chi connectivity index (χ0n) is 13.1. The number of benzene rings is 1. The Hall–Kier alpha value is -1.65. The molecule has 1 rings (SSSR count). The number of hydrogen-bond acceptors (Lipinski definition) is 4. The largest absolute Gasteiger partial charge is 0.416 e. The minimum Gasteiger partial charge on any atom is -0.355 e. The van der Waals surface area contributed by atoms with Crippen LogP contribution in [0.4, 0.5) is 13.2 Å². The molecular formula is C14H20F3N3O3S. The zero-order valence-corrected chi connectivity index (χ0v) is 13.9. The lowest BCUT2D eigenvalue weighted by Crippen LogP contribution is -2.31. The first-order valence-corrected chi connectivity index (χ1v) is 8.73. The molecule has 0 bridgehead atoms. The first kappa shape index (κ1) is 20.4. The number of nitrogens with one attached hydrogen (secondary N) is 3. The molecule has 3 N–H and O–H groups in total. The molecule has 1 aromatic carbocycles. The maximum Gasteiger partial charge on any atom is 0.416 e. The number of hydrogen-bond donors (Lipinski definition) is 3. The number of sulfonamides is 1. The zero-order chi connectivity index (χ0) is 18.2. The number of rotatable bonds is 9. The third-order valence-corrected chi connectivity index (χ3v) is 4.50. The average Bonchev–Trinajstić information content (AvgIpc) is 2.51. The Balaban J connectivity index is 2.51. The Labute approximate surface area is 138 Å². The highest BCUT2D eigenvalue weighted by Crippen LogP contribution is 2.30. The molecule has 0 spiro atoms. The van der Waals surface area contributed by atoms with Gasteiger partial charge in [-0.1, -0.05) is 6.07 Å². The van der Waals surface area contributed by atoms with E-state index in [0.29, 0.717) is 19.2 Å². The standard InChI is InChI=1S/C14H20F3N3O3S/c1-18-8-9-19-13(21)6-3-7-20-24(22,23)12-5-2-4-11(10-12)14(15,16)17/h2,4-5,10,18,20H,3,6-9H2,1H3,(H,19,21). The molecule has 0 radical (unpaired) electrons. The number of carbonyl (C=O) groups excluding carboxylic acids is 1. The third kappa shape index (κ3) is 6.85. The molecule has 24 heavy (non-hydrogen) atoms. The van der Waals surface area contributed by atoms with Crippen LogP contribution in [-0.2, 0) is 21.0 Å². The molecule has 0 aliphatic rings. The maximum atomic E-state index is 12.6. The van der Waals surface area contributed by atoms with Crippen molar-refractivity contribution in [2.45, 2.75) is 23.9 Å². The van der Waals surface area contributed by atoms with E-state index in [2.05, 4.69) is 15.4 Å². The Morgan fingerprint density at radius 3 is 2.50 bits per heavy atom. The molecule has 1 amide bonds. The summed E-state index contributed by atoms with van der Waals surface area (Å²) in [6.45, 7) is 1.04. The fourth-order valence-corrected chi connectivity index (χ4v) is 2.91. The molecule has 0 fully saturated rings. The highest BCUT2D eigenvalue weighted by atomic mass is 32.2. The van der Waals surface area contributed by atoms with Gasteiger partial charge in [0.25, 0.3) is 0 Å². The fourth-order valence-electron chi connectivity index (χ4n) is 1.79. The van der Waals surface area contributed by atoms with Gasteiger partial charge in [-0.3, -0.25) is 4.79 Å². The van der Waals surface area contributed by atoms with Crippen molar-refractivity contribution in [3.05, 3.63) is 29.8 Å². The molecule has 136 valence electrons. The van der Waals surface area contributed by atoms with Gasteiger partial charge in [0.05, 0.1) is 10.5 Å². The highest BCUT2D eigenvalue weighted by molar-refractivity contribution is 7.89. The van der Waals surface area contributed by atoms with Gasteiger partial charge in [0, 0.05) is 26.1 Å². The van der Waals surface area contributed by atoms with Crippen molar-refractivity contribution >= 4 is 15.9 Å². The second kappa shape index (κ2) is 9.00. The predicted octanol–water partition coefficient (Wildman–Crippen LogP) is 1.10. The summed E-state index contributed by atoms with van der Waals surface area (Å²) in [5.74, 6) is -0.219. The topological polar surface area (TPSA) is 87.3 Å². The summed E-state index contributed by atoms with van der Waals surface area (Å²) in [6.07, 6.45) is -4.25. The summed E-state index contributed by atoms with van der Waals surface area (Å²) in [5.41, 5.74) is -1.03. The molecule has 0 atom stereocenters. The Morgan fingerprint density at radius 1 is 1.17 bits per heavy atom. The van der Waals surface area contributed by atoms with Crippen LogP contribution in [0.15, 0.2) is 29.2 Å². The second-order valence-electron chi connectivity index (χ2n) is 4.98. The Morgan fingerprint density at radius 2 is 1.88 bits per heavy atom. The molecule has 0 unspecified atom stereocenters. The van der Waals surface area contributed by atoms with Gasteiger partial charge in [-0.25, -0.2) is 13.1 Å². The third-order valence-electron chi connectivity index (χ3n) is 3.04. The van der Waals surface area contributed by atoms with Gasteiger partial charge in [-0.05, 0) is 31.7 Å². The van der Waals surface area contributed by atoms with E-state index in [-0.39, 0.29) is 25.3 Å². The van der Waals surface area contributed by atoms with Crippen LogP contribution in [0, 0.1) is 0 Å². The van der Waals surface area contributed by atoms with Gasteiger partial charge in [0.1, 0.15) is 0 Å². The van der Waals surface area contributed by atoms with Gasteiger partial charge in [0.2, 0.25) is 15.9 Å². The molecule has 6 nitrogen and oxygen atoms in total. The van der Waals surface area contributed by atoms with E-state index in [9.17, 15) is 26.4 Å². The van der Waals surface area contributed by atoms with Crippen molar-refractivity contribution in [3.8, 4) is 0 Å². The van der Waals surface area contributed by atoms with E-state index in [4.69, 9.17) is 0 Å². The first-order chi connectivity index (χ1) is 11.2. The molecule has 0 aliphatic carbocycles. The van der Waals surface area contributed by atoms with E-state index in [1.807, 2.05) is 0 Å². The number of carbonyl (C=O) groups is 1. The average molecular weight is 367 g/mol. The van der Waals surface area contributed by atoms with E-state index in [0.717, 1.165) is 18.2 Å². The summed E-state index contributed by atoms with van der Waals surface area (Å²) in [5, 5.41) is 5.49. The van der Waals surface area contributed by atoms with Crippen LogP contribution >= 0.6 is 0 Å². The molecule has 0 aliphatic heterocycles. The number of halogens is 3. The minimum absolute atomic E-state index is 0.0436. The van der Waals surface area contributed by atoms with Gasteiger partial charge < -0.3 is 10.6 Å². The van der Waals surface area contributed by atoms with E-state index >= 15 is 0 Å². The molecule has 10 heteroatoms. The molecule has 1 aromatic rings. The van der Waals surface area contributed by atoms with Crippen molar-refractivity contribution in [1.29, 1.82) is 0 Å². The van der Waals surface area contributed by atoms with Crippen LogP contribution in [0.1, 0.15) is 18.4 Å². The summed E-state index contributed by atoms with van der Waals surface area (Å²) in [6, 6.07) is 3.50. The SMILES string of the molecule is CNCCNC(=O)CCCNS(=O)(=O)c1cccc(C(F)(F)F)c1. The molecule has 0 aromatic heterocycles. The second-order valence-corrected chi connectivity index (χ2v) is 6.75. The van der Waals surface area contributed by atoms with Crippen LogP contribution in [-0.4, -0.2) is 41.0 Å². The lowest BCUT2D eigenvalue weighted by molar-refractivity contribution is -0.137. The summed E-state index contributed by atoms with van der Waals surface area (Å²) >= 11 is 0. The van der Waals surface area contributed by atoms with Crippen molar-refractivity contribution in [1.82, 2.24) is 15.4 Å². The van der Waals surface area contributed by atoms with Crippen LogP contribution in [0.3, 0.4) is 0 Å². The number of likely N-dealkylation sites (N-methyl/N-ethyl adjacent to an activating group) is 1. The Kier molecular flexibility index (Phi) is 7.64. The lowest BCUT2D eigenvalue weighted by Gasteiger charge is -2.10. The van der Waals surface area contributed by atoms with Gasteiger partial charge >= 0.3 is 6.18 Å². The van der Waals surface area contributed by atoms with E-state index in [1.165, 1.54) is 0 Å². The molecule has 0 heterocycles. The van der Waals surface area contributed by atoms with Crippen LogP contribution in [0.2, 0.25) is 0 Å². The van der Waals surface area contributed by atoms with Crippen molar-refractivity contribution < 1.29 is 26.4 Å². The highest BCUT2D eigenvalue weighted by Gasteiger charge is 2.31. The van der Waals surface area contributed by atoms with E-state index < -0.39 is 26.7 Å². The normalized spacial score (nSPS) is 12.2. The van der Waals surface area contributed by atoms with Crippen molar-refractivity contribution in [2.75, 3.05) is 26.7 Å². The van der Waals surface area contributed by atoms with Crippen LogP contribution < -0.4 is 15.4 Å². The monoisotopic (exact) mass is 367 g/mol. The maximum absolute atomic E-state index is 12.6. The first-order valence-electron chi connectivity index (χ1n) is 7.25. The smallest absolute Gasteiger partial charge is 0.355 e. The molecule has 0 saturated carbocycles. The van der Waals surface area contributed by atoms with E-state index in [1.54, 1.807) is 7.05 Å². The van der Waals surface area contributed by atoms with Gasteiger partial charge in [-0.15, -0.1) is 0 Å².